The molecule has 1 heterocycles. The lowest BCUT2D eigenvalue weighted by Gasteiger charge is -2.20. The summed E-state index contributed by atoms with van der Waals surface area (Å²) < 4.78 is 6.69. The summed E-state index contributed by atoms with van der Waals surface area (Å²) in [4.78, 5) is 15.3. The van der Waals surface area contributed by atoms with Gasteiger partial charge in [-0.2, -0.15) is 0 Å². The van der Waals surface area contributed by atoms with Gasteiger partial charge in [0.05, 0.1) is 13.7 Å². The lowest BCUT2D eigenvalue weighted by Crippen LogP contribution is -2.35. The van der Waals surface area contributed by atoms with Gasteiger partial charge in [0.15, 0.2) is 0 Å². The standard InChI is InChI=1S/C13H23N3O2/c1-13(2,3)15-10-11-14-7-9-16(11)8-5-6-12(17)18-4/h7,9,15H,5-6,8,10H2,1-4H3. The van der Waals surface area contributed by atoms with Crippen LogP contribution in [0.15, 0.2) is 12.4 Å². The number of nitrogens with one attached hydrogen (secondary N) is 1. The molecule has 0 aromatic carbocycles. The average molecular weight is 253 g/mol. The molecule has 0 bridgehead atoms. The van der Waals surface area contributed by atoms with Crippen molar-refractivity contribution in [3.05, 3.63) is 18.2 Å². The Hall–Kier alpha value is -1.36. The smallest absolute Gasteiger partial charge is 0.305 e. The second kappa shape index (κ2) is 6.54. The number of hydrogen-bond donors (Lipinski definition) is 1. The van der Waals surface area contributed by atoms with Crippen LogP contribution in [-0.4, -0.2) is 28.2 Å². The Kier molecular flexibility index (Phi) is 5.34. The molecule has 0 fully saturated rings. The van der Waals surface area contributed by atoms with Gasteiger partial charge in [0, 0.05) is 30.9 Å². The molecule has 0 aliphatic rings. The quantitative estimate of drug-likeness (QED) is 0.784. The second-order valence-corrected chi connectivity index (χ2v) is 5.32. The van der Waals surface area contributed by atoms with E-state index in [0.717, 1.165) is 25.3 Å². The number of ether oxygens (including phenoxy) is 1. The number of aromatic nitrogens is 2. The molecule has 1 N–H and O–H groups in total. The Bertz CT molecular complexity index is 380. The zero-order valence-electron chi connectivity index (χ0n) is 11.7. The maximum Gasteiger partial charge on any atom is 0.305 e. The Morgan fingerprint density at radius 3 is 2.83 bits per heavy atom. The van der Waals surface area contributed by atoms with Gasteiger partial charge in [-0.3, -0.25) is 4.79 Å². The minimum atomic E-state index is -0.163. The molecule has 0 radical (unpaired) electrons. The minimum absolute atomic E-state index is 0.0722. The van der Waals surface area contributed by atoms with Gasteiger partial charge in [-0.15, -0.1) is 0 Å². The molecule has 0 amide bonds. The van der Waals surface area contributed by atoms with E-state index in [4.69, 9.17) is 0 Å². The fourth-order valence-electron chi connectivity index (χ4n) is 1.55. The number of nitrogens with zero attached hydrogens (tertiary/aromatic N) is 2. The molecule has 5 nitrogen and oxygen atoms in total. The molecular formula is C13H23N3O2. The van der Waals surface area contributed by atoms with Crippen molar-refractivity contribution in [1.82, 2.24) is 14.9 Å². The Labute approximate surface area is 109 Å². The van der Waals surface area contributed by atoms with Crippen LogP contribution in [0.2, 0.25) is 0 Å². The van der Waals surface area contributed by atoms with Gasteiger partial charge < -0.3 is 14.6 Å². The maximum atomic E-state index is 11.0. The van der Waals surface area contributed by atoms with Gasteiger partial charge in [-0.05, 0) is 27.2 Å². The van der Waals surface area contributed by atoms with Gasteiger partial charge in [-0.25, -0.2) is 4.98 Å². The zero-order chi connectivity index (χ0) is 13.6. The molecule has 5 heteroatoms. The molecule has 0 saturated heterocycles. The van der Waals surface area contributed by atoms with Crippen LogP contribution < -0.4 is 5.32 Å². The molecule has 1 aromatic rings. The number of carbonyl (C=O) groups excluding carboxylic acids is 1. The van der Waals surface area contributed by atoms with Crippen LogP contribution >= 0.6 is 0 Å². The first-order valence-electron chi connectivity index (χ1n) is 6.24. The van der Waals surface area contributed by atoms with Crippen LogP contribution in [0.3, 0.4) is 0 Å². The van der Waals surface area contributed by atoms with E-state index in [1.54, 1.807) is 6.20 Å². The van der Waals surface area contributed by atoms with E-state index in [-0.39, 0.29) is 11.5 Å². The number of rotatable bonds is 6. The highest BCUT2D eigenvalue weighted by Gasteiger charge is 2.11. The molecule has 0 spiro atoms. The van der Waals surface area contributed by atoms with Crippen molar-refractivity contribution in [1.29, 1.82) is 0 Å². The van der Waals surface area contributed by atoms with Crippen LogP contribution in [0.25, 0.3) is 0 Å². The summed E-state index contributed by atoms with van der Waals surface area (Å²) in [6.45, 7) is 7.89. The van der Waals surface area contributed by atoms with E-state index in [2.05, 4.69) is 40.4 Å². The maximum absolute atomic E-state index is 11.0. The number of aryl methyl sites for hydroxylation is 1. The predicted molar refractivity (Wildman–Crippen MR) is 70.1 cm³/mol. The number of esters is 1. The predicted octanol–water partition coefficient (Wildman–Crippen LogP) is 1.72. The van der Waals surface area contributed by atoms with E-state index in [0.29, 0.717) is 6.42 Å². The topological polar surface area (TPSA) is 56.2 Å². The van der Waals surface area contributed by atoms with Crippen molar-refractivity contribution in [2.45, 2.75) is 52.2 Å². The summed E-state index contributed by atoms with van der Waals surface area (Å²) >= 11 is 0. The van der Waals surface area contributed by atoms with Gasteiger partial charge in [0.25, 0.3) is 0 Å². The van der Waals surface area contributed by atoms with Gasteiger partial charge in [-0.1, -0.05) is 0 Å². The van der Waals surface area contributed by atoms with Crippen molar-refractivity contribution in [3.63, 3.8) is 0 Å². The van der Waals surface area contributed by atoms with E-state index in [1.165, 1.54) is 7.11 Å². The van der Waals surface area contributed by atoms with E-state index < -0.39 is 0 Å². The molecule has 102 valence electrons. The first-order valence-corrected chi connectivity index (χ1v) is 6.24. The van der Waals surface area contributed by atoms with Crippen LogP contribution in [0.5, 0.6) is 0 Å². The zero-order valence-corrected chi connectivity index (χ0v) is 11.7. The Morgan fingerprint density at radius 2 is 2.22 bits per heavy atom. The number of hydrogen-bond acceptors (Lipinski definition) is 4. The van der Waals surface area contributed by atoms with Crippen LogP contribution in [0, 0.1) is 0 Å². The first-order chi connectivity index (χ1) is 8.42. The lowest BCUT2D eigenvalue weighted by molar-refractivity contribution is -0.140. The number of imidazole rings is 1. The Balaban J connectivity index is 2.42. The molecule has 0 unspecified atom stereocenters. The fourth-order valence-corrected chi connectivity index (χ4v) is 1.55. The van der Waals surface area contributed by atoms with Crippen molar-refractivity contribution >= 4 is 5.97 Å². The number of carbonyl (C=O) groups is 1. The molecule has 0 aliphatic carbocycles. The third-order valence-corrected chi connectivity index (χ3v) is 2.59. The van der Waals surface area contributed by atoms with Gasteiger partial charge >= 0.3 is 5.97 Å². The molecule has 0 saturated carbocycles. The summed E-state index contributed by atoms with van der Waals surface area (Å²) in [6, 6.07) is 0. The third kappa shape index (κ3) is 5.31. The highest BCUT2D eigenvalue weighted by Crippen LogP contribution is 2.05. The SMILES string of the molecule is COC(=O)CCCn1ccnc1CNC(C)(C)C. The molecular weight excluding hydrogens is 230 g/mol. The largest absolute Gasteiger partial charge is 0.469 e. The van der Waals surface area contributed by atoms with E-state index in [9.17, 15) is 4.79 Å². The molecule has 0 atom stereocenters. The van der Waals surface area contributed by atoms with Crippen molar-refractivity contribution < 1.29 is 9.53 Å². The van der Waals surface area contributed by atoms with Gasteiger partial charge in [0.2, 0.25) is 0 Å². The molecule has 0 aliphatic heterocycles. The summed E-state index contributed by atoms with van der Waals surface area (Å²) in [7, 11) is 1.41. The highest BCUT2D eigenvalue weighted by atomic mass is 16.5. The lowest BCUT2D eigenvalue weighted by atomic mass is 10.1. The van der Waals surface area contributed by atoms with Crippen LogP contribution in [-0.2, 0) is 22.6 Å². The van der Waals surface area contributed by atoms with Gasteiger partial charge in [0.1, 0.15) is 5.82 Å². The molecule has 1 rings (SSSR count). The minimum Gasteiger partial charge on any atom is -0.469 e. The van der Waals surface area contributed by atoms with Crippen LogP contribution in [0.1, 0.15) is 39.4 Å². The summed E-state index contributed by atoms with van der Waals surface area (Å²) in [5.74, 6) is 0.833. The van der Waals surface area contributed by atoms with Crippen LogP contribution in [0.4, 0.5) is 0 Å². The van der Waals surface area contributed by atoms with Crippen molar-refractivity contribution in [3.8, 4) is 0 Å². The van der Waals surface area contributed by atoms with E-state index >= 15 is 0 Å². The number of methoxy groups -OCH3 is 1. The average Bonchev–Trinajstić information content (AvgIpc) is 2.73. The third-order valence-electron chi connectivity index (χ3n) is 2.59. The fraction of sp³-hybridized carbons (Fsp3) is 0.692. The summed E-state index contributed by atoms with van der Waals surface area (Å²) in [5, 5.41) is 3.40. The Morgan fingerprint density at radius 1 is 1.50 bits per heavy atom. The highest BCUT2D eigenvalue weighted by molar-refractivity contribution is 5.68. The van der Waals surface area contributed by atoms with E-state index in [1.807, 2.05) is 6.20 Å². The molecule has 1 aromatic heterocycles. The second-order valence-electron chi connectivity index (χ2n) is 5.32. The summed E-state index contributed by atoms with van der Waals surface area (Å²) in [6.07, 6.45) is 4.95. The first kappa shape index (κ1) is 14.7. The molecule has 18 heavy (non-hydrogen) atoms. The monoisotopic (exact) mass is 253 g/mol. The van der Waals surface area contributed by atoms with Crippen molar-refractivity contribution in [2.75, 3.05) is 7.11 Å². The van der Waals surface area contributed by atoms with Crippen molar-refractivity contribution in [2.24, 2.45) is 0 Å². The normalized spacial score (nSPS) is 11.6. The summed E-state index contributed by atoms with van der Waals surface area (Å²) in [5.41, 5.74) is 0.0722.